The van der Waals surface area contributed by atoms with E-state index in [0.717, 1.165) is 10.0 Å². The summed E-state index contributed by atoms with van der Waals surface area (Å²) >= 11 is 3.44. The van der Waals surface area contributed by atoms with Crippen LogP contribution >= 0.6 is 15.9 Å². The first-order chi connectivity index (χ1) is 5.77. The van der Waals surface area contributed by atoms with Crippen LogP contribution in [-0.2, 0) is 11.3 Å². The van der Waals surface area contributed by atoms with Gasteiger partial charge in [-0.25, -0.2) is 0 Å². The third-order valence-corrected chi connectivity index (χ3v) is 2.48. The van der Waals surface area contributed by atoms with E-state index in [4.69, 9.17) is 4.74 Å². The van der Waals surface area contributed by atoms with Crippen molar-refractivity contribution in [2.75, 3.05) is 6.61 Å². The molecule has 1 nitrogen and oxygen atoms in total. The van der Waals surface area contributed by atoms with Gasteiger partial charge >= 0.3 is 0 Å². The van der Waals surface area contributed by atoms with Crippen LogP contribution in [0.1, 0.15) is 11.1 Å². The topological polar surface area (TPSA) is 9.23 Å². The number of rotatable bonds is 0. The van der Waals surface area contributed by atoms with Gasteiger partial charge in [0.15, 0.2) is 0 Å². The van der Waals surface area contributed by atoms with E-state index in [1.54, 1.807) is 0 Å². The zero-order chi connectivity index (χ0) is 8.55. The number of hydrogen-bond donors (Lipinski definition) is 0. The number of ether oxygens (including phenoxy) is 1. The summed E-state index contributed by atoms with van der Waals surface area (Å²) in [6.07, 6.45) is 0. The fourth-order valence-corrected chi connectivity index (χ4v) is 1.73. The highest BCUT2D eigenvalue weighted by molar-refractivity contribution is 9.10. The van der Waals surface area contributed by atoms with Crippen molar-refractivity contribution in [1.29, 1.82) is 0 Å². The quantitative estimate of drug-likeness (QED) is 0.659. The number of benzene rings is 1. The van der Waals surface area contributed by atoms with Gasteiger partial charge in [0, 0.05) is 4.47 Å². The second-order valence-corrected chi connectivity index (χ2v) is 3.81. The Kier molecular flexibility index (Phi) is 2.03. The predicted octanol–water partition coefficient (Wildman–Crippen LogP) is 2.99. The maximum Gasteiger partial charge on any atom is 0.0727 e. The number of halogens is 1. The third-order valence-electron chi connectivity index (χ3n) is 1.99. The molecule has 2 heteroatoms. The van der Waals surface area contributed by atoms with Gasteiger partial charge in [0.1, 0.15) is 0 Å². The van der Waals surface area contributed by atoms with E-state index in [9.17, 15) is 0 Å². The van der Waals surface area contributed by atoms with Crippen molar-refractivity contribution in [2.45, 2.75) is 6.61 Å². The number of fused-ring (bicyclic) bond motifs is 1. The average Bonchev–Trinajstić information content (AvgIpc) is 2.07. The molecule has 0 bridgehead atoms. The van der Waals surface area contributed by atoms with Crippen LogP contribution in [0.3, 0.4) is 0 Å². The molecule has 1 aliphatic rings. The molecule has 0 unspecified atom stereocenters. The second kappa shape index (κ2) is 3.04. The van der Waals surface area contributed by atoms with Crippen LogP contribution in [0.25, 0.3) is 5.57 Å². The molecule has 1 aliphatic heterocycles. The van der Waals surface area contributed by atoms with Crippen molar-refractivity contribution in [1.82, 2.24) is 0 Å². The van der Waals surface area contributed by atoms with Crippen LogP contribution < -0.4 is 0 Å². The summed E-state index contributed by atoms with van der Waals surface area (Å²) in [6.45, 7) is 5.32. The van der Waals surface area contributed by atoms with Crippen molar-refractivity contribution < 1.29 is 4.74 Å². The van der Waals surface area contributed by atoms with Gasteiger partial charge in [0.25, 0.3) is 0 Å². The normalized spacial score (nSPS) is 15.9. The Hall–Kier alpha value is -0.600. The summed E-state index contributed by atoms with van der Waals surface area (Å²) in [6, 6.07) is 6.20. The van der Waals surface area contributed by atoms with Gasteiger partial charge in [-0.15, -0.1) is 0 Å². The molecular formula is C10H9BrO. The minimum absolute atomic E-state index is 0.656. The lowest BCUT2D eigenvalue weighted by atomic mass is 10.0. The van der Waals surface area contributed by atoms with Crippen molar-refractivity contribution in [3.05, 3.63) is 40.4 Å². The molecule has 62 valence electrons. The second-order valence-electron chi connectivity index (χ2n) is 2.90. The molecule has 0 saturated carbocycles. The van der Waals surface area contributed by atoms with Crippen molar-refractivity contribution in [3.8, 4) is 0 Å². The summed E-state index contributed by atoms with van der Waals surface area (Å²) in [5, 5.41) is 0. The molecule has 0 aliphatic carbocycles. The highest BCUT2D eigenvalue weighted by Crippen LogP contribution is 2.26. The Bertz CT molecular complexity index is 331. The van der Waals surface area contributed by atoms with Gasteiger partial charge < -0.3 is 4.74 Å². The molecule has 12 heavy (non-hydrogen) atoms. The molecule has 2 rings (SSSR count). The van der Waals surface area contributed by atoms with E-state index < -0.39 is 0 Å². The largest absolute Gasteiger partial charge is 0.372 e. The maximum atomic E-state index is 5.33. The fraction of sp³-hybridized carbons (Fsp3) is 0.200. The van der Waals surface area contributed by atoms with Gasteiger partial charge in [-0.05, 0) is 28.8 Å². The van der Waals surface area contributed by atoms with Gasteiger partial charge in [0.05, 0.1) is 13.2 Å². The van der Waals surface area contributed by atoms with Gasteiger partial charge in [-0.3, -0.25) is 0 Å². The van der Waals surface area contributed by atoms with Crippen LogP contribution in [0.15, 0.2) is 29.3 Å². The zero-order valence-corrected chi connectivity index (χ0v) is 8.23. The first-order valence-electron chi connectivity index (χ1n) is 3.82. The molecule has 0 radical (unpaired) electrons. The van der Waals surface area contributed by atoms with E-state index in [2.05, 4.69) is 34.6 Å². The molecule has 0 spiro atoms. The minimum atomic E-state index is 0.656. The first kappa shape index (κ1) is 8.02. The zero-order valence-electron chi connectivity index (χ0n) is 6.64. The molecule has 1 aromatic rings. The van der Waals surface area contributed by atoms with Crippen molar-refractivity contribution in [2.24, 2.45) is 0 Å². The van der Waals surface area contributed by atoms with E-state index >= 15 is 0 Å². The number of hydrogen-bond acceptors (Lipinski definition) is 1. The molecule has 1 heterocycles. The van der Waals surface area contributed by atoms with Gasteiger partial charge in [-0.1, -0.05) is 28.6 Å². The predicted molar refractivity (Wildman–Crippen MR) is 52.8 cm³/mol. The Balaban J connectivity index is 2.54. The van der Waals surface area contributed by atoms with Crippen molar-refractivity contribution in [3.63, 3.8) is 0 Å². The van der Waals surface area contributed by atoms with Crippen LogP contribution in [0, 0.1) is 0 Å². The first-order valence-corrected chi connectivity index (χ1v) is 4.61. The summed E-state index contributed by atoms with van der Waals surface area (Å²) in [7, 11) is 0. The van der Waals surface area contributed by atoms with Crippen LogP contribution in [-0.4, -0.2) is 6.61 Å². The van der Waals surface area contributed by atoms with Crippen molar-refractivity contribution >= 4 is 21.5 Å². The Morgan fingerprint density at radius 3 is 3.00 bits per heavy atom. The minimum Gasteiger partial charge on any atom is -0.372 e. The summed E-state index contributed by atoms with van der Waals surface area (Å²) in [4.78, 5) is 0. The van der Waals surface area contributed by atoms with E-state index in [1.807, 2.05) is 6.07 Å². The van der Waals surface area contributed by atoms with E-state index in [0.29, 0.717) is 13.2 Å². The van der Waals surface area contributed by atoms with E-state index in [-0.39, 0.29) is 0 Å². The highest BCUT2D eigenvalue weighted by atomic mass is 79.9. The molecule has 1 aromatic carbocycles. The lowest BCUT2D eigenvalue weighted by molar-refractivity contribution is 0.146. The molecule has 0 amide bonds. The lowest BCUT2D eigenvalue weighted by Crippen LogP contribution is -2.07. The standard InChI is InChI=1S/C10H9BrO/c1-7-5-12-6-8-2-3-9(11)4-10(7)8/h2-4H,1,5-6H2. The third kappa shape index (κ3) is 1.32. The monoisotopic (exact) mass is 224 g/mol. The lowest BCUT2D eigenvalue weighted by Gasteiger charge is -2.18. The smallest absolute Gasteiger partial charge is 0.0727 e. The van der Waals surface area contributed by atoms with Gasteiger partial charge in [0.2, 0.25) is 0 Å². The Morgan fingerprint density at radius 1 is 1.33 bits per heavy atom. The molecular weight excluding hydrogens is 216 g/mol. The van der Waals surface area contributed by atoms with E-state index in [1.165, 1.54) is 11.1 Å². The highest BCUT2D eigenvalue weighted by Gasteiger charge is 2.12. The van der Waals surface area contributed by atoms with Gasteiger partial charge in [-0.2, -0.15) is 0 Å². The van der Waals surface area contributed by atoms with Crippen LogP contribution in [0.2, 0.25) is 0 Å². The SMILES string of the molecule is C=C1COCc2ccc(Br)cc21. The molecule has 0 saturated heterocycles. The average molecular weight is 225 g/mol. The Morgan fingerprint density at radius 2 is 2.17 bits per heavy atom. The fourth-order valence-electron chi connectivity index (χ4n) is 1.37. The molecule has 0 N–H and O–H groups in total. The molecule has 0 atom stereocenters. The maximum absolute atomic E-state index is 5.33. The Labute approximate surface area is 80.2 Å². The summed E-state index contributed by atoms with van der Waals surface area (Å²) in [5.74, 6) is 0. The molecule has 0 aromatic heterocycles. The van der Waals surface area contributed by atoms with Crippen LogP contribution in [0.5, 0.6) is 0 Å². The van der Waals surface area contributed by atoms with Crippen LogP contribution in [0.4, 0.5) is 0 Å². The summed E-state index contributed by atoms with van der Waals surface area (Å²) < 4.78 is 6.43. The summed E-state index contributed by atoms with van der Waals surface area (Å²) in [5.41, 5.74) is 3.53. The molecule has 0 fully saturated rings.